The maximum Gasteiger partial charge on any atom is 0.213 e. The van der Waals surface area contributed by atoms with Crippen molar-refractivity contribution in [2.24, 2.45) is 17.3 Å². The van der Waals surface area contributed by atoms with Crippen molar-refractivity contribution in [3.8, 4) is 0 Å². The van der Waals surface area contributed by atoms with E-state index < -0.39 is 10.0 Å². The average molecular weight is 203 g/mol. The highest BCUT2D eigenvalue weighted by Gasteiger charge is 2.63. The summed E-state index contributed by atoms with van der Waals surface area (Å²) in [6.07, 6.45) is 0. The molecule has 13 heavy (non-hydrogen) atoms. The van der Waals surface area contributed by atoms with Crippen molar-refractivity contribution in [1.29, 1.82) is 0 Å². The lowest BCUT2D eigenvalue weighted by Crippen LogP contribution is -2.33. The zero-order valence-corrected chi connectivity index (χ0v) is 9.26. The first-order valence-corrected chi connectivity index (χ1v) is 6.48. The highest BCUT2D eigenvalue weighted by atomic mass is 32.2. The smallest absolute Gasteiger partial charge is 0.212 e. The first kappa shape index (κ1) is 9.46. The minimum atomic E-state index is -2.92. The number of sulfonamides is 1. The minimum Gasteiger partial charge on any atom is -0.212 e. The second kappa shape index (κ2) is 2.48. The van der Waals surface area contributed by atoms with E-state index in [1.54, 1.807) is 11.2 Å². The Hall–Kier alpha value is -0.0900. The van der Waals surface area contributed by atoms with Gasteiger partial charge in [0.1, 0.15) is 0 Å². The van der Waals surface area contributed by atoms with E-state index in [0.717, 1.165) is 13.1 Å². The van der Waals surface area contributed by atoms with Gasteiger partial charge in [-0.05, 0) is 24.2 Å². The second-order valence-corrected chi connectivity index (χ2v) is 7.01. The van der Waals surface area contributed by atoms with Crippen LogP contribution in [0.1, 0.15) is 20.8 Å². The third-order valence-electron chi connectivity index (χ3n) is 3.85. The molecule has 0 aromatic carbocycles. The zero-order valence-electron chi connectivity index (χ0n) is 8.45. The Morgan fingerprint density at radius 1 is 1.31 bits per heavy atom. The fourth-order valence-corrected chi connectivity index (χ4v) is 3.65. The van der Waals surface area contributed by atoms with Gasteiger partial charge < -0.3 is 0 Å². The molecule has 2 fully saturated rings. The first-order valence-electron chi connectivity index (χ1n) is 4.87. The molecule has 0 amide bonds. The fourth-order valence-electron chi connectivity index (χ4n) is 2.51. The topological polar surface area (TPSA) is 37.4 Å². The summed E-state index contributed by atoms with van der Waals surface area (Å²) in [5.74, 6) is 1.48. The number of hydrogen-bond donors (Lipinski definition) is 0. The lowest BCUT2D eigenvalue weighted by Gasteiger charge is -2.20. The molecule has 0 radical (unpaired) electrons. The molecule has 1 saturated heterocycles. The fraction of sp³-hybridized carbons (Fsp3) is 1.00. The molecule has 76 valence electrons. The van der Waals surface area contributed by atoms with Crippen molar-refractivity contribution in [1.82, 2.24) is 4.31 Å². The van der Waals surface area contributed by atoms with E-state index in [-0.39, 0.29) is 5.75 Å². The molecule has 0 bridgehead atoms. The lowest BCUT2D eigenvalue weighted by molar-refractivity contribution is 0.364. The third kappa shape index (κ3) is 1.22. The van der Waals surface area contributed by atoms with Gasteiger partial charge in [0.15, 0.2) is 0 Å². The largest absolute Gasteiger partial charge is 0.213 e. The minimum absolute atomic E-state index is 0.243. The summed E-state index contributed by atoms with van der Waals surface area (Å²) < 4.78 is 24.7. The number of rotatable bonds is 2. The van der Waals surface area contributed by atoms with Crippen LogP contribution in [0.2, 0.25) is 0 Å². The van der Waals surface area contributed by atoms with Gasteiger partial charge >= 0.3 is 0 Å². The molecule has 2 atom stereocenters. The van der Waals surface area contributed by atoms with Crippen LogP contribution in [0.15, 0.2) is 0 Å². The highest BCUT2D eigenvalue weighted by Crippen LogP contribution is 2.62. The molecule has 1 aliphatic heterocycles. The van der Waals surface area contributed by atoms with Crippen LogP contribution in [0.4, 0.5) is 0 Å². The molecule has 2 rings (SSSR count). The number of piperidine rings is 1. The molecule has 3 nitrogen and oxygen atoms in total. The Labute approximate surface area is 80.2 Å². The third-order valence-corrected chi connectivity index (χ3v) is 5.66. The van der Waals surface area contributed by atoms with Gasteiger partial charge in [-0.25, -0.2) is 12.7 Å². The van der Waals surface area contributed by atoms with Gasteiger partial charge in [-0.2, -0.15) is 0 Å². The summed E-state index contributed by atoms with van der Waals surface area (Å²) in [7, 11) is -2.92. The predicted octanol–water partition coefficient (Wildman–Crippen LogP) is 0.924. The molecule has 0 spiro atoms. The summed E-state index contributed by atoms with van der Waals surface area (Å²) >= 11 is 0. The van der Waals surface area contributed by atoms with Crippen LogP contribution in [0, 0.1) is 17.3 Å². The van der Waals surface area contributed by atoms with Crippen molar-refractivity contribution < 1.29 is 8.42 Å². The van der Waals surface area contributed by atoms with Crippen LogP contribution in [0.25, 0.3) is 0 Å². The maximum atomic E-state index is 11.5. The number of nitrogens with zero attached hydrogens (tertiary/aromatic N) is 1. The van der Waals surface area contributed by atoms with E-state index in [1.807, 2.05) is 0 Å². The quantitative estimate of drug-likeness (QED) is 0.669. The molecular formula is C9H17NO2S. The normalized spacial score (nSPS) is 37.5. The highest BCUT2D eigenvalue weighted by molar-refractivity contribution is 7.89. The van der Waals surface area contributed by atoms with Crippen LogP contribution in [-0.2, 0) is 10.0 Å². The monoisotopic (exact) mass is 203 g/mol. The molecular weight excluding hydrogens is 186 g/mol. The van der Waals surface area contributed by atoms with Crippen molar-refractivity contribution in [3.05, 3.63) is 0 Å². The molecule has 1 saturated carbocycles. The van der Waals surface area contributed by atoms with Crippen molar-refractivity contribution >= 4 is 10.0 Å². The Kier molecular flexibility index (Phi) is 1.81. The van der Waals surface area contributed by atoms with Crippen molar-refractivity contribution in [2.75, 3.05) is 18.8 Å². The van der Waals surface area contributed by atoms with Crippen molar-refractivity contribution in [2.45, 2.75) is 20.8 Å². The van der Waals surface area contributed by atoms with E-state index in [4.69, 9.17) is 0 Å². The summed E-state index contributed by atoms with van der Waals surface area (Å²) in [6, 6.07) is 0. The molecule has 2 unspecified atom stereocenters. The van der Waals surface area contributed by atoms with Crippen LogP contribution in [0.5, 0.6) is 0 Å². The van der Waals surface area contributed by atoms with E-state index in [9.17, 15) is 8.42 Å². The standard InChI is InChI=1S/C9H17NO2S/c1-4-13(11,12)10-5-7-8(6-10)9(7,2)3/h7-8H,4-6H2,1-3H3. The van der Waals surface area contributed by atoms with E-state index >= 15 is 0 Å². The SMILES string of the molecule is CCS(=O)(=O)N1CC2C(C1)C2(C)C. The Balaban J connectivity index is 2.06. The number of hydrogen-bond acceptors (Lipinski definition) is 2. The molecule has 4 heteroatoms. The second-order valence-electron chi connectivity index (χ2n) is 4.75. The van der Waals surface area contributed by atoms with E-state index in [0.29, 0.717) is 17.3 Å². The van der Waals surface area contributed by atoms with E-state index in [1.165, 1.54) is 0 Å². The van der Waals surface area contributed by atoms with Crippen molar-refractivity contribution in [3.63, 3.8) is 0 Å². The molecule has 0 aromatic heterocycles. The van der Waals surface area contributed by atoms with Gasteiger partial charge in [-0.15, -0.1) is 0 Å². The Bertz CT molecular complexity index is 307. The van der Waals surface area contributed by atoms with Gasteiger partial charge in [-0.3, -0.25) is 0 Å². The van der Waals surface area contributed by atoms with Gasteiger partial charge in [0, 0.05) is 13.1 Å². The van der Waals surface area contributed by atoms with Gasteiger partial charge in [-0.1, -0.05) is 13.8 Å². The van der Waals surface area contributed by atoms with Gasteiger partial charge in [0.05, 0.1) is 5.75 Å². The zero-order chi connectivity index (χ0) is 9.85. The molecule has 0 N–H and O–H groups in total. The summed E-state index contributed by atoms with van der Waals surface area (Å²) in [6.45, 7) is 7.70. The van der Waals surface area contributed by atoms with Crippen LogP contribution >= 0.6 is 0 Å². The Morgan fingerprint density at radius 3 is 2.15 bits per heavy atom. The molecule has 1 aliphatic carbocycles. The van der Waals surface area contributed by atoms with E-state index in [2.05, 4.69) is 13.8 Å². The lowest BCUT2D eigenvalue weighted by atomic mass is 10.1. The summed E-state index contributed by atoms with van der Waals surface area (Å²) in [5, 5.41) is 0. The average Bonchev–Trinajstić information content (AvgIpc) is 2.54. The summed E-state index contributed by atoms with van der Waals surface area (Å²) in [4.78, 5) is 0. The summed E-state index contributed by atoms with van der Waals surface area (Å²) in [5.41, 5.74) is 0.403. The molecule has 0 aromatic rings. The predicted molar refractivity (Wildman–Crippen MR) is 51.8 cm³/mol. The Morgan fingerprint density at radius 2 is 1.77 bits per heavy atom. The van der Waals surface area contributed by atoms with Crippen LogP contribution < -0.4 is 0 Å². The molecule has 1 heterocycles. The van der Waals surface area contributed by atoms with Gasteiger partial charge in [0.25, 0.3) is 0 Å². The van der Waals surface area contributed by atoms with Gasteiger partial charge in [0.2, 0.25) is 10.0 Å². The van der Waals surface area contributed by atoms with Crippen LogP contribution in [0.3, 0.4) is 0 Å². The number of fused-ring (bicyclic) bond motifs is 1. The van der Waals surface area contributed by atoms with Crippen LogP contribution in [-0.4, -0.2) is 31.6 Å². The first-order chi connectivity index (χ1) is 5.89. The molecule has 2 aliphatic rings. The maximum absolute atomic E-state index is 11.5.